The van der Waals surface area contributed by atoms with Gasteiger partial charge in [-0.05, 0) is 39.4 Å². The monoisotopic (exact) mass is 459 g/mol. The molecule has 1 aromatic rings. The van der Waals surface area contributed by atoms with Gasteiger partial charge in [-0.3, -0.25) is 4.99 Å². The molecule has 0 aromatic carbocycles. The van der Waals surface area contributed by atoms with Crippen LogP contribution in [0.15, 0.2) is 23.5 Å². The SMILES string of the molecule is CCNC(=NCC1CCCN1C)N1CCN(c2ncccn2)CC1.I. The van der Waals surface area contributed by atoms with Gasteiger partial charge in [0.15, 0.2) is 5.96 Å². The summed E-state index contributed by atoms with van der Waals surface area (Å²) in [7, 11) is 2.21. The number of nitrogens with zero attached hydrogens (tertiary/aromatic N) is 6. The highest BCUT2D eigenvalue weighted by Gasteiger charge is 2.23. The first-order chi connectivity index (χ1) is 11.8. The van der Waals surface area contributed by atoms with E-state index in [1.165, 1.54) is 19.4 Å². The first kappa shape index (κ1) is 20.2. The Kier molecular flexibility index (Phi) is 8.14. The van der Waals surface area contributed by atoms with Crippen LogP contribution in [0.25, 0.3) is 0 Å². The quantitative estimate of drug-likeness (QED) is 0.416. The van der Waals surface area contributed by atoms with E-state index in [-0.39, 0.29) is 24.0 Å². The minimum atomic E-state index is 0. The van der Waals surface area contributed by atoms with E-state index < -0.39 is 0 Å². The summed E-state index contributed by atoms with van der Waals surface area (Å²) in [5, 5.41) is 3.45. The second-order valence-corrected chi connectivity index (χ2v) is 6.49. The molecule has 0 spiro atoms. The summed E-state index contributed by atoms with van der Waals surface area (Å²) in [6.07, 6.45) is 6.16. The van der Waals surface area contributed by atoms with Crippen molar-refractivity contribution in [2.24, 2.45) is 4.99 Å². The highest BCUT2D eigenvalue weighted by Crippen LogP contribution is 2.15. The van der Waals surface area contributed by atoms with Crippen LogP contribution in [0.2, 0.25) is 0 Å². The summed E-state index contributed by atoms with van der Waals surface area (Å²) in [6.45, 7) is 8.88. The van der Waals surface area contributed by atoms with Crippen LogP contribution >= 0.6 is 24.0 Å². The molecule has 0 saturated carbocycles. The third kappa shape index (κ3) is 5.40. The summed E-state index contributed by atoms with van der Waals surface area (Å²) in [5.41, 5.74) is 0. The van der Waals surface area contributed by atoms with Crippen molar-refractivity contribution in [3.8, 4) is 0 Å². The fourth-order valence-corrected chi connectivity index (χ4v) is 3.40. The number of piperazine rings is 1. The van der Waals surface area contributed by atoms with Crippen LogP contribution < -0.4 is 10.2 Å². The Labute approximate surface area is 167 Å². The van der Waals surface area contributed by atoms with Gasteiger partial charge in [0, 0.05) is 51.2 Å². The zero-order valence-corrected chi connectivity index (χ0v) is 17.6. The smallest absolute Gasteiger partial charge is 0.225 e. The molecule has 0 bridgehead atoms. The maximum absolute atomic E-state index is 4.91. The molecule has 140 valence electrons. The van der Waals surface area contributed by atoms with Gasteiger partial charge in [-0.15, -0.1) is 24.0 Å². The Morgan fingerprint density at radius 1 is 1.20 bits per heavy atom. The standard InChI is InChI=1S/C17H29N7.HI/c1-3-18-16(21-14-15-6-4-9-22(15)2)23-10-12-24(13-11-23)17-19-7-5-8-20-17;/h5,7-8,15H,3-4,6,9-14H2,1-2H3,(H,18,21);1H. The van der Waals surface area contributed by atoms with Gasteiger partial charge >= 0.3 is 0 Å². The fourth-order valence-electron chi connectivity index (χ4n) is 3.40. The lowest BCUT2D eigenvalue weighted by Crippen LogP contribution is -2.53. The Bertz CT molecular complexity index is 531. The molecule has 1 N–H and O–H groups in total. The van der Waals surface area contributed by atoms with Crippen molar-refractivity contribution in [2.75, 3.05) is 57.8 Å². The summed E-state index contributed by atoms with van der Waals surface area (Å²) in [4.78, 5) is 20.6. The number of nitrogens with one attached hydrogen (secondary N) is 1. The predicted molar refractivity (Wildman–Crippen MR) is 113 cm³/mol. The van der Waals surface area contributed by atoms with Gasteiger partial charge in [-0.25, -0.2) is 9.97 Å². The number of aliphatic imine (C=N–C) groups is 1. The Hall–Kier alpha value is -1.16. The van der Waals surface area contributed by atoms with Crippen LogP contribution in [0, 0.1) is 0 Å². The van der Waals surface area contributed by atoms with Gasteiger partial charge in [0.05, 0.1) is 6.54 Å². The van der Waals surface area contributed by atoms with Crippen LogP contribution in [-0.2, 0) is 0 Å². The molecule has 2 aliphatic heterocycles. The van der Waals surface area contributed by atoms with Gasteiger partial charge in [0.25, 0.3) is 0 Å². The van der Waals surface area contributed by atoms with Gasteiger partial charge < -0.3 is 20.0 Å². The predicted octanol–water partition coefficient (Wildman–Crippen LogP) is 1.28. The summed E-state index contributed by atoms with van der Waals surface area (Å²) >= 11 is 0. The van der Waals surface area contributed by atoms with Crippen molar-refractivity contribution < 1.29 is 0 Å². The fraction of sp³-hybridized carbons (Fsp3) is 0.706. The van der Waals surface area contributed by atoms with Crippen molar-refractivity contribution >= 4 is 35.9 Å². The number of anilines is 1. The first-order valence-corrected chi connectivity index (χ1v) is 9.03. The molecule has 1 aromatic heterocycles. The number of likely N-dealkylation sites (tertiary alicyclic amines) is 1. The van der Waals surface area contributed by atoms with Crippen molar-refractivity contribution in [2.45, 2.75) is 25.8 Å². The number of hydrogen-bond donors (Lipinski definition) is 1. The van der Waals surface area contributed by atoms with E-state index in [9.17, 15) is 0 Å². The number of halogens is 1. The van der Waals surface area contributed by atoms with Crippen molar-refractivity contribution in [3.63, 3.8) is 0 Å². The van der Waals surface area contributed by atoms with Crippen LogP contribution in [0.3, 0.4) is 0 Å². The average molecular weight is 459 g/mol. The molecule has 1 unspecified atom stereocenters. The van der Waals surface area contributed by atoms with Gasteiger partial charge in [0.1, 0.15) is 0 Å². The first-order valence-electron chi connectivity index (χ1n) is 9.03. The van der Waals surface area contributed by atoms with Crippen molar-refractivity contribution in [1.82, 2.24) is 25.1 Å². The number of guanidine groups is 1. The summed E-state index contributed by atoms with van der Waals surface area (Å²) < 4.78 is 0. The van der Waals surface area contributed by atoms with Crippen LogP contribution in [0.4, 0.5) is 5.95 Å². The zero-order valence-electron chi connectivity index (χ0n) is 15.3. The molecule has 2 fully saturated rings. The average Bonchev–Trinajstić information content (AvgIpc) is 3.04. The molecule has 0 aliphatic carbocycles. The molecule has 25 heavy (non-hydrogen) atoms. The van der Waals surface area contributed by atoms with Crippen LogP contribution in [0.5, 0.6) is 0 Å². The Morgan fingerprint density at radius 3 is 2.52 bits per heavy atom. The highest BCUT2D eigenvalue weighted by molar-refractivity contribution is 14.0. The van der Waals surface area contributed by atoms with Crippen molar-refractivity contribution in [1.29, 1.82) is 0 Å². The van der Waals surface area contributed by atoms with Gasteiger partial charge in [-0.2, -0.15) is 0 Å². The third-order valence-corrected chi connectivity index (χ3v) is 4.87. The number of hydrogen-bond acceptors (Lipinski definition) is 5. The molecule has 3 heterocycles. The van der Waals surface area contributed by atoms with Crippen molar-refractivity contribution in [3.05, 3.63) is 18.5 Å². The zero-order chi connectivity index (χ0) is 16.8. The number of aromatic nitrogens is 2. The van der Waals surface area contributed by atoms with E-state index >= 15 is 0 Å². The molecule has 1 atom stereocenters. The molecule has 7 nitrogen and oxygen atoms in total. The van der Waals surface area contributed by atoms with E-state index in [0.717, 1.165) is 51.2 Å². The van der Waals surface area contributed by atoms with E-state index in [0.29, 0.717) is 6.04 Å². The second kappa shape index (κ2) is 10.1. The van der Waals surface area contributed by atoms with Crippen LogP contribution in [0.1, 0.15) is 19.8 Å². The minimum absolute atomic E-state index is 0. The third-order valence-electron chi connectivity index (χ3n) is 4.87. The molecule has 3 rings (SSSR count). The van der Waals surface area contributed by atoms with Gasteiger partial charge in [-0.1, -0.05) is 0 Å². The van der Waals surface area contributed by atoms with E-state index in [4.69, 9.17) is 4.99 Å². The second-order valence-electron chi connectivity index (χ2n) is 6.49. The van der Waals surface area contributed by atoms with E-state index in [1.807, 2.05) is 6.07 Å². The lowest BCUT2D eigenvalue weighted by Gasteiger charge is -2.36. The van der Waals surface area contributed by atoms with E-state index in [1.54, 1.807) is 12.4 Å². The molecule has 0 radical (unpaired) electrons. The summed E-state index contributed by atoms with van der Waals surface area (Å²) in [6, 6.07) is 2.45. The Morgan fingerprint density at radius 2 is 1.92 bits per heavy atom. The maximum Gasteiger partial charge on any atom is 0.225 e. The Balaban J connectivity index is 0.00000225. The molecule has 8 heteroatoms. The summed E-state index contributed by atoms with van der Waals surface area (Å²) in [5.74, 6) is 1.87. The van der Waals surface area contributed by atoms with Gasteiger partial charge in [0.2, 0.25) is 5.95 Å². The minimum Gasteiger partial charge on any atom is -0.357 e. The number of rotatable bonds is 4. The molecular weight excluding hydrogens is 429 g/mol. The normalized spacial score (nSPS) is 22.0. The lowest BCUT2D eigenvalue weighted by molar-refractivity contribution is 0.314. The largest absolute Gasteiger partial charge is 0.357 e. The molecular formula is C17H30IN7. The maximum atomic E-state index is 4.91. The van der Waals surface area contributed by atoms with Crippen LogP contribution in [-0.4, -0.2) is 84.6 Å². The number of likely N-dealkylation sites (N-methyl/N-ethyl adjacent to an activating group) is 1. The van der Waals surface area contributed by atoms with E-state index in [2.05, 4.69) is 44.0 Å². The molecule has 2 aliphatic rings. The molecule has 2 saturated heterocycles. The lowest BCUT2D eigenvalue weighted by atomic mass is 10.2. The topological polar surface area (TPSA) is 59.9 Å². The highest BCUT2D eigenvalue weighted by atomic mass is 127. The molecule has 0 amide bonds.